The van der Waals surface area contributed by atoms with Crippen LogP contribution >= 0.6 is 7.82 Å². The van der Waals surface area contributed by atoms with E-state index in [1.54, 1.807) is 0 Å². The second kappa shape index (κ2) is 9.47. The van der Waals surface area contributed by atoms with Crippen LogP contribution in [0.25, 0.3) is 0 Å². The summed E-state index contributed by atoms with van der Waals surface area (Å²) in [6, 6.07) is 3.74. The lowest BCUT2D eigenvalue weighted by atomic mass is 9.84. The molecule has 1 heterocycles. The van der Waals surface area contributed by atoms with Gasteiger partial charge in [0.15, 0.2) is 0 Å². The van der Waals surface area contributed by atoms with Gasteiger partial charge in [0.2, 0.25) is 0 Å². The SMILES string of the molecule is CCCCCc1cc(O)c(C2C=C(C)CCC2)c(OP2(=O)OCCC(C)O2)c1. The second-order valence-corrected chi connectivity index (χ2v) is 9.62. The van der Waals surface area contributed by atoms with Gasteiger partial charge in [-0.15, -0.1) is 0 Å². The first kappa shape index (κ1) is 21.4. The predicted molar refractivity (Wildman–Crippen MR) is 111 cm³/mol. The number of allylic oxidation sites excluding steroid dienone is 2. The summed E-state index contributed by atoms with van der Waals surface area (Å²) < 4.78 is 29.8. The summed E-state index contributed by atoms with van der Waals surface area (Å²) in [7, 11) is -3.69. The Bertz CT molecular complexity index is 758. The smallest absolute Gasteiger partial charge is 0.507 e. The minimum absolute atomic E-state index is 0.0438. The van der Waals surface area contributed by atoms with Crippen LogP contribution < -0.4 is 4.52 Å². The number of hydrogen-bond donors (Lipinski definition) is 1. The van der Waals surface area contributed by atoms with E-state index in [2.05, 4.69) is 19.9 Å². The van der Waals surface area contributed by atoms with Gasteiger partial charge in [-0.05, 0) is 70.1 Å². The fourth-order valence-corrected chi connectivity index (χ4v) is 5.40. The highest BCUT2D eigenvalue weighted by molar-refractivity contribution is 7.49. The second-order valence-electron chi connectivity index (χ2n) is 8.07. The Labute approximate surface area is 168 Å². The third-order valence-corrected chi connectivity index (χ3v) is 7.02. The van der Waals surface area contributed by atoms with E-state index in [9.17, 15) is 9.67 Å². The van der Waals surface area contributed by atoms with Crippen molar-refractivity contribution < 1.29 is 23.2 Å². The highest BCUT2D eigenvalue weighted by Crippen LogP contribution is 2.55. The summed E-state index contributed by atoms with van der Waals surface area (Å²) in [5.41, 5.74) is 2.98. The number of rotatable bonds is 7. The normalized spacial score (nSPS) is 28.0. The Morgan fingerprint density at radius 2 is 2.11 bits per heavy atom. The van der Waals surface area contributed by atoms with E-state index < -0.39 is 7.82 Å². The molecule has 3 unspecified atom stereocenters. The van der Waals surface area contributed by atoms with Crippen LogP contribution in [0.2, 0.25) is 0 Å². The molecule has 1 aliphatic heterocycles. The number of hydrogen-bond acceptors (Lipinski definition) is 5. The van der Waals surface area contributed by atoms with Crippen molar-refractivity contribution in [3.63, 3.8) is 0 Å². The maximum atomic E-state index is 13.0. The van der Waals surface area contributed by atoms with Crippen molar-refractivity contribution in [3.05, 3.63) is 34.9 Å². The minimum atomic E-state index is -3.69. The molecule has 0 radical (unpaired) electrons. The van der Waals surface area contributed by atoms with Crippen LogP contribution in [0.3, 0.4) is 0 Å². The zero-order chi connectivity index (χ0) is 20.1. The Hall–Kier alpha value is -1.29. The van der Waals surface area contributed by atoms with Crippen LogP contribution in [0.1, 0.15) is 82.8 Å². The van der Waals surface area contributed by atoms with Crippen LogP contribution in [0, 0.1) is 0 Å². The maximum Gasteiger partial charge on any atom is 0.530 e. The molecule has 1 N–H and O–H groups in total. The molecule has 0 spiro atoms. The first-order valence-corrected chi connectivity index (χ1v) is 12.0. The Kier molecular flexibility index (Phi) is 7.25. The average Bonchev–Trinajstić information content (AvgIpc) is 2.61. The molecule has 5 nitrogen and oxygen atoms in total. The van der Waals surface area contributed by atoms with E-state index in [1.165, 1.54) is 5.57 Å². The molecule has 1 saturated heterocycles. The number of aromatic hydroxyl groups is 1. The van der Waals surface area contributed by atoms with Crippen LogP contribution in [0.5, 0.6) is 11.5 Å². The zero-order valence-corrected chi connectivity index (χ0v) is 18.2. The van der Waals surface area contributed by atoms with Crippen molar-refractivity contribution >= 4 is 7.82 Å². The standard InChI is InChI=1S/C22H33O5P/c1-4-5-6-9-18-14-20(23)22(19-10-7-8-16(2)13-19)21(15-18)27-28(24)25-12-11-17(3)26-28/h13-15,17,19,23H,4-12H2,1-3H3. The lowest BCUT2D eigenvalue weighted by Gasteiger charge is -2.29. The van der Waals surface area contributed by atoms with Crippen molar-refractivity contribution in [2.45, 2.75) is 84.2 Å². The Morgan fingerprint density at radius 1 is 1.29 bits per heavy atom. The van der Waals surface area contributed by atoms with Crippen molar-refractivity contribution in [3.8, 4) is 11.5 Å². The monoisotopic (exact) mass is 408 g/mol. The maximum absolute atomic E-state index is 13.0. The van der Waals surface area contributed by atoms with Gasteiger partial charge in [0.1, 0.15) is 11.5 Å². The van der Waals surface area contributed by atoms with Gasteiger partial charge in [0.05, 0.1) is 12.7 Å². The van der Waals surface area contributed by atoms with Crippen LogP contribution in [0.4, 0.5) is 0 Å². The number of phosphoric ester groups is 1. The zero-order valence-electron chi connectivity index (χ0n) is 17.3. The molecule has 6 heteroatoms. The van der Waals surface area contributed by atoms with E-state index in [0.717, 1.165) is 50.5 Å². The number of aryl methyl sites for hydroxylation is 1. The quantitative estimate of drug-likeness (QED) is 0.311. The first-order chi connectivity index (χ1) is 13.4. The van der Waals surface area contributed by atoms with Gasteiger partial charge in [-0.1, -0.05) is 31.4 Å². The molecule has 0 aromatic heterocycles. The average molecular weight is 408 g/mol. The van der Waals surface area contributed by atoms with Gasteiger partial charge in [-0.2, -0.15) is 0 Å². The summed E-state index contributed by atoms with van der Waals surface area (Å²) in [5.74, 6) is 0.679. The van der Waals surface area contributed by atoms with E-state index in [-0.39, 0.29) is 17.8 Å². The first-order valence-electron chi connectivity index (χ1n) is 10.6. The van der Waals surface area contributed by atoms with Gasteiger partial charge in [0, 0.05) is 11.5 Å². The van der Waals surface area contributed by atoms with Crippen molar-refractivity contribution in [2.24, 2.45) is 0 Å². The number of phenolic OH excluding ortho intramolecular Hbond substituents is 1. The summed E-state index contributed by atoms with van der Waals surface area (Å²) in [6.07, 6.45) is 9.91. The fourth-order valence-electron chi connectivity index (χ4n) is 3.98. The lowest BCUT2D eigenvalue weighted by Crippen LogP contribution is -2.20. The van der Waals surface area contributed by atoms with E-state index in [0.29, 0.717) is 24.3 Å². The Morgan fingerprint density at radius 3 is 2.82 bits per heavy atom. The largest absolute Gasteiger partial charge is 0.530 e. The van der Waals surface area contributed by atoms with Gasteiger partial charge in [-0.25, -0.2) is 4.57 Å². The highest BCUT2D eigenvalue weighted by Gasteiger charge is 2.37. The molecule has 3 atom stereocenters. The molecular weight excluding hydrogens is 375 g/mol. The third kappa shape index (κ3) is 5.40. The van der Waals surface area contributed by atoms with E-state index in [1.807, 2.05) is 19.1 Å². The summed E-state index contributed by atoms with van der Waals surface area (Å²) in [5, 5.41) is 10.9. The molecule has 0 bridgehead atoms. The number of phosphoric acid groups is 1. The van der Waals surface area contributed by atoms with Crippen molar-refractivity contribution in [2.75, 3.05) is 6.61 Å². The van der Waals surface area contributed by atoms with E-state index >= 15 is 0 Å². The number of phenols is 1. The van der Waals surface area contributed by atoms with Crippen LogP contribution in [-0.4, -0.2) is 17.8 Å². The van der Waals surface area contributed by atoms with Crippen LogP contribution in [0.15, 0.2) is 23.8 Å². The summed E-state index contributed by atoms with van der Waals surface area (Å²) in [6.45, 7) is 6.49. The fraction of sp³-hybridized carbons (Fsp3) is 0.636. The molecule has 1 fully saturated rings. The van der Waals surface area contributed by atoms with Gasteiger partial charge >= 0.3 is 7.82 Å². The van der Waals surface area contributed by atoms with Gasteiger partial charge < -0.3 is 9.63 Å². The molecule has 1 aliphatic carbocycles. The summed E-state index contributed by atoms with van der Waals surface area (Å²) in [4.78, 5) is 0. The third-order valence-electron chi connectivity index (χ3n) is 5.48. The minimum Gasteiger partial charge on any atom is -0.507 e. The molecule has 3 rings (SSSR count). The lowest BCUT2D eigenvalue weighted by molar-refractivity contribution is 0.0606. The number of unbranched alkanes of at least 4 members (excludes halogenated alkanes) is 2. The van der Waals surface area contributed by atoms with Crippen LogP contribution in [-0.2, 0) is 20.0 Å². The number of benzene rings is 1. The van der Waals surface area contributed by atoms with Crippen molar-refractivity contribution in [1.82, 2.24) is 0 Å². The molecular formula is C22H33O5P. The molecule has 156 valence electrons. The van der Waals surface area contributed by atoms with E-state index in [4.69, 9.17) is 13.6 Å². The topological polar surface area (TPSA) is 65.0 Å². The van der Waals surface area contributed by atoms with Gasteiger partial charge in [-0.3, -0.25) is 9.05 Å². The van der Waals surface area contributed by atoms with Gasteiger partial charge in [0.25, 0.3) is 0 Å². The molecule has 0 amide bonds. The molecule has 1 aromatic carbocycles. The Balaban J connectivity index is 1.95. The predicted octanol–water partition coefficient (Wildman–Crippen LogP) is 6.65. The summed E-state index contributed by atoms with van der Waals surface area (Å²) >= 11 is 0. The molecule has 0 saturated carbocycles. The molecule has 2 aliphatic rings. The highest BCUT2D eigenvalue weighted by atomic mass is 31.2. The van der Waals surface area contributed by atoms with Crippen molar-refractivity contribution in [1.29, 1.82) is 0 Å². The molecule has 1 aromatic rings. The molecule has 28 heavy (non-hydrogen) atoms.